The number of aromatic nitrogens is 2. The summed E-state index contributed by atoms with van der Waals surface area (Å²) in [5.74, 6) is -4.70. The quantitative estimate of drug-likeness (QED) is 0.432. The lowest BCUT2D eigenvalue weighted by atomic mass is 9.61. The van der Waals surface area contributed by atoms with Crippen LogP contribution in [-0.2, 0) is 10.0 Å². The molecule has 6 rings (SSSR count). The summed E-state index contributed by atoms with van der Waals surface area (Å²) in [5, 5.41) is 11.7. The molecule has 1 amide bonds. The maximum atomic E-state index is 15.6. The van der Waals surface area contributed by atoms with Crippen LogP contribution in [0.25, 0.3) is 0 Å². The molecule has 0 atom stereocenters. The van der Waals surface area contributed by atoms with Gasteiger partial charge in [-0.1, -0.05) is 6.92 Å². The molecule has 218 valence electrons. The van der Waals surface area contributed by atoms with Crippen LogP contribution in [0, 0.1) is 18.2 Å². The van der Waals surface area contributed by atoms with Crippen molar-refractivity contribution in [1.82, 2.24) is 9.97 Å². The van der Waals surface area contributed by atoms with Crippen molar-refractivity contribution in [3.8, 4) is 0 Å². The molecule has 3 saturated heterocycles. The van der Waals surface area contributed by atoms with Gasteiger partial charge in [0.15, 0.2) is 0 Å². The molecule has 2 bridgehead atoms. The largest absolute Gasteiger partial charge is 0.395 e. The SMILES string of the molecule is Cc1cc(NC(=O)c2c(F)cc(NS(=O)(=O)CCO)cc2N2CCC3(C)CC2C3)nc(N2CCC(F)(F)CC2)n1. The molecule has 3 N–H and O–H groups in total. The summed E-state index contributed by atoms with van der Waals surface area (Å²) < 4.78 is 69.7. The predicted octanol–water partition coefficient (Wildman–Crippen LogP) is 3.52. The van der Waals surface area contributed by atoms with E-state index in [4.69, 9.17) is 5.11 Å². The van der Waals surface area contributed by atoms with Crippen LogP contribution in [0.5, 0.6) is 0 Å². The van der Waals surface area contributed by atoms with Gasteiger partial charge in [-0.15, -0.1) is 0 Å². The second kappa shape index (κ2) is 10.4. The second-order valence-electron chi connectivity index (χ2n) is 11.3. The van der Waals surface area contributed by atoms with Gasteiger partial charge in [-0.05, 0) is 43.7 Å². The van der Waals surface area contributed by atoms with Crippen LogP contribution >= 0.6 is 0 Å². The monoisotopic (exact) mass is 582 g/mol. The van der Waals surface area contributed by atoms with Crippen molar-refractivity contribution in [2.24, 2.45) is 5.41 Å². The highest BCUT2D eigenvalue weighted by molar-refractivity contribution is 7.92. The molecule has 4 heterocycles. The van der Waals surface area contributed by atoms with Gasteiger partial charge in [0, 0.05) is 50.3 Å². The third kappa shape index (κ3) is 5.97. The molecule has 3 aliphatic heterocycles. The van der Waals surface area contributed by atoms with E-state index in [-0.39, 0.29) is 66.1 Å². The van der Waals surface area contributed by atoms with Crippen LogP contribution in [0.4, 0.5) is 36.3 Å². The number of fused-ring (bicyclic) bond motifs is 2. The number of alkyl halides is 2. The number of sulfonamides is 1. The fourth-order valence-electron chi connectivity index (χ4n) is 5.82. The van der Waals surface area contributed by atoms with Crippen LogP contribution in [0.15, 0.2) is 18.2 Å². The topological polar surface area (TPSA) is 128 Å². The Morgan fingerprint density at radius 3 is 2.45 bits per heavy atom. The van der Waals surface area contributed by atoms with Crippen molar-refractivity contribution in [2.45, 2.75) is 57.9 Å². The number of aliphatic hydroxyl groups is 1. The van der Waals surface area contributed by atoms with Crippen molar-refractivity contribution in [2.75, 3.05) is 51.8 Å². The van der Waals surface area contributed by atoms with E-state index in [1.54, 1.807) is 11.8 Å². The highest BCUT2D eigenvalue weighted by Crippen LogP contribution is 2.52. The summed E-state index contributed by atoms with van der Waals surface area (Å²) in [5.41, 5.74) is 0.658. The highest BCUT2D eigenvalue weighted by Gasteiger charge is 2.48. The third-order valence-electron chi connectivity index (χ3n) is 7.95. The number of anilines is 4. The average molecular weight is 583 g/mol. The lowest BCUT2D eigenvalue weighted by molar-refractivity contribution is -0.0222. The first-order valence-corrected chi connectivity index (χ1v) is 14.9. The number of aliphatic hydroxyl groups excluding tert-OH is 1. The maximum Gasteiger partial charge on any atom is 0.261 e. The molecule has 1 aliphatic carbocycles. The van der Waals surface area contributed by atoms with Gasteiger partial charge in [0.05, 0.1) is 29.3 Å². The average Bonchev–Trinajstić information content (AvgIpc) is 2.82. The Kier molecular flexibility index (Phi) is 7.36. The van der Waals surface area contributed by atoms with Crippen LogP contribution in [0.1, 0.15) is 55.1 Å². The molecule has 1 aromatic heterocycles. The van der Waals surface area contributed by atoms with Gasteiger partial charge < -0.3 is 20.2 Å². The first kappa shape index (κ1) is 28.4. The van der Waals surface area contributed by atoms with E-state index in [0.717, 1.165) is 25.3 Å². The standard InChI is InChI=1S/C26H33F3N6O4S/c1-16-11-21(32-24(30-16)34-6-4-26(28,29)5-7-34)31-23(37)22-19(27)12-17(33-40(38,39)10-9-36)13-20(22)35-8-3-25(2)14-18(35)15-25/h11-13,18,33,36H,3-10,14-15H2,1-2H3,(H,30,31,32,37). The van der Waals surface area contributed by atoms with Crippen LogP contribution in [0.3, 0.4) is 0 Å². The Bertz CT molecular complexity index is 1400. The van der Waals surface area contributed by atoms with Crippen LogP contribution < -0.4 is 19.8 Å². The first-order valence-electron chi connectivity index (χ1n) is 13.3. The molecular weight excluding hydrogens is 549 g/mol. The molecule has 1 aromatic carbocycles. The van der Waals surface area contributed by atoms with Crippen LogP contribution in [-0.4, -0.2) is 73.4 Å². The number of rotatable bonds is 8. The molecule has 40 heavy (non-hydrogen) atoms. The second-order valence-corrected chi connectivity index (χ2v) is 13.1. The number of hydrogen-bond donors (Lipinski definition) is 3. The van der Waals surface area contributed by atoms with Gasteiger partial charge in [0.1, 0.15) is 11.6 Å². The van der Waals surface area contributed by atoms with E-state index in [9.17, 15) is 22.0 Å². The summed E-state index contributed by atoms with van der Waals surface area (Å²) in [7, 11) is -3.93. The molecule has 4 aliphatic rings. The van der Waals surface area contributed by atoms with Gasteiger partial charge >= 0.3 is 0 Å². The molecule has 0 unspecified atom stereocenters. The summed E-state index contributed by atoms with van der Waals surface area (Å²) in [4.78, 5) is 25.8. The number of aryl methyl sites for hydroxylation is 1. The lowest BCUT2D eigenvalue weighted by Crippen LogP contribution is -2.57. The normalized spacial score (nSPS) is 23.9. The van der Waals surface area contributed by atoms with Crippen molar-refractivity contribution in [1.29, 1.82) is 0 Å². The summed E-state index contributed by atoms with van der Waals surface area (Å²) in [6.45, 7) is 3.96. The molecular formula is C26H33F3N6O4S. The number of piperidine rings is 3. The fraction of sp³-hybridized carbons (Fsp3) is 0.577. The molecule has 0 spiro atoms. The number of benzene rings is 1. The Morgan fingerprint density at radius 2 is 1.82 bits per heavy atom. The minimum absolute atomic E-state index is 0.0489. The zero-order valence-corrected chi connectivity index (χ0v) is 23.2. The van der Waals surface area contributed by atoms with E-state index in [1.807, 2.05) is 4.90 Å². The Labute approximate surface area is 231 Å². The van der Waals surface area contributed by atoms with Gasteiger partial charge in [-0.3, -0.25) is 9.52 Å². The molecule has 10 nitrogen and oxygen atoms in total. The Hall–Kier alpha value is -3.13. The van der Waals surface area contributed by atoms with Crippen molar-refractivity contribution >= 4 is 39.1 Å². The third-order valence-corrected chi connectivity index (χ3v) is 9.22. The zero-order chi connectivity index (χ0) is 28.9. The van der Waals surface area contributed by atoms with Gasteiger partial charge in [0.25, 0.3) is 11.8 Å². The smallest absolute Gasteiger partial charge is 0.261 e. The lowest BCUT2D eigenvalue weighted by Gasteiger charge is -2.57. The first-order chi connectivity index (χ1) is 18.8. The minimum atomic E-state index is -3.93. The predicted molar refractivity (Wildman–Crippen MR) is 145 cm³/mol. The number of nitrogens with zero attached hydrogens (tertiary/aromatic N) is 4. The van der Waals surface area contributed by atoms with Crippen molar-refractivity contribution in [3.05, 3.63) is 35.3 Å². The van der Waals surface area contributed by atoms with Crippen molar-refractivity contribution < 1.29 is 31.5 Å². The van der Waals surface area contributed by atoms with Crippen molar-refractivity contribution in [3.63, 3.8) is 0 Å². The van der Waals surface area contributed by atoms with Gasteiger partial charge in [-0.2, -0.15) is 4.98 Å². The number of carbonyl (C=O) groups excluding carboxylic acids is 1. The molecule has 1 saturated carbocycles. The zero-order valence-electron chi connectivity index (χ0n) is 22.4. The number of hydrogen-bond acceptors (Lipinski definition) is 8. The Morgan fingerprint density at radius 1 is 1.12 bits per heavy atom. The maximum absolute atomic E-state index is 15.6. The number of carbonyl (C=O) groups is 1. The minimum Gasteiger partial charge on any atom is -0.395 e. The Balaban J connectivity index is 1.45. The van der Waals surface area contributed by atoms with E-state index >= 15 is 4.39 Å². The summed E-state index contributed by atoms with van der Waals surface area (Å²) >= 11 is 0. The fourth-order valence-corrected chi connectivity index (χ4v) is 6.64. The van der Waals surface area contributed by atoms with Crippen LogP contribution in [0.2, 0.25) is 0 Å². The molecule has 2 aromatic rings. The summed E-state index contributed by atoms with van der Waals surface area (Å²) in [6.07, 6.45) is 1.94. The van der Waals surface area contributed by atoms with E-state index in [1.165, 1.54) is 12.1 Å². The summed E-state index contributed by atoms with van der Waals surface area (Å²) in [6, 6.07) is 3.97. The van der Waals surface area contributed by atoms with E-state index < -0.39 is 40.0 Å². The molecule has 14 heteroatoms. The van der Waals surface area contributed by atoms with E-state index in [0.29, 0.717) is 12.2 Å². The molecule has 4 fully saturated rings. The number of amides is 1. The number of nitrogens with one attached hydrogen (secondary N) is 2. The number of halogens is 3. The highest BCUT2D eigenvalue weighted by atomic mass is 32.2. The molecule has 0 radical (unpaired) electrons. The van der Waals surface area contributed by atoms with E-state index in [2.05, 4.69) is 26.9 Å². The van der Waals surface area contributed by atoms with Gasteiger partial charge in [0.2, 0.25) is 16.0 Å². The van der Waals surface area contributed by atoms with Gasteiger partial charge in [-0.25, -0.2) is 26.6 Å².